The third-order valence-corrected chi connectivity index (χ3v) is 7.27. The standard InChI is InChI=1S/C26H30N2O6/c29-15-6-2-5-14-28-22-24(31)27(17-18-9-3-1-4-10-18)13-8-12-26(22)21(23(28)30)20-19(34-26)11-7-16-33-25(20)32/h1,3-4,7-12,19-22,29H,2,5-6,13-17H2/t19-,20+,21-,22?,26-/m0/s1. The summed E-state index contributed by atoms with van der Waals surface area (Å²) in [5, 5.41) is 9.14. The number of amides is 2. The Labute approximate surface area is 198 Å². The molecule has 2 amide bonds. The molecular weight excluding hydrogens is 436 g/mol. The Morgan fingerprint density at radius 2 is 1.85 bits per heavy atom. The van der Waals surface area contributed by atoms with Gasteiger partial charge in [-0.3, -0.25) is 14.4 Å². The molecule has 4 heterocycles. The molecule has 34 heavy (non-hydrogen) atoms. The van der Waals surface area contributed by atoms with Crippen LogP contribution in [0, 0.1) is 11.8 Å². The number of esters is 1. The van der Waals surface area contributed by atoms with Crippen LogP contribution in [0.3, 0.4) is 0 Å². The zero-order valence-electron chi connectivity index (χ0n) is 19.0. The van der Waals surface area contributed by atoms with Gasteiger partial charge in [0.2, 0.25) is 11.8 Å². The smallest absolute Gasteiger partial charge is 0.313 e. The first-order valence-corrected chi connectivity index (χ1v) is 12.0. The van der Waals surface area contributed by atoms with Crippen LogP contribution in [0.1, 0.15) is 24.8 Å². The van der Waals surface area contributed by atoms with Gasteiger partial charge in [0.25, 0.3) is 0 Å². The summed E-state index contributed by atoms with van der Waals surface area (Å²) in [6.45, 7) is 1.41. The van der Waals surface area contributed by atoms with E-state index in [0.717, 1.165) is 12.0 Å². The molecule has 0 saturated carbocycles. The average molecular weight is 467 g/mol. The molecule has 2 fully saturated rings. The fourth-order valence-electron chi connectivity index (χ4n) is 5.77. The number of hydrogen-bond acceptors (Lipinski definition) is 6. The number of aliphatic hydroxyl groups excluding tert-OH is 1. The molecular formula is C26H30N2O6. The van der Waals surface area contributed by atoms with E-state index in [1.54, 1.807) is 22.0 Å². The van der Waals surface area contributed by atoms with Crippen molar-refractivity contribution in [2.45, 2.75) is 43.6 Å². The number of carbonyl (C=O) groups excluding carboxylic acids is 3. The molecule has 5 rings (SSSR count). The predicted molar refractivity (Wildman–Crippen MR) is 122 cm³/mol. The Bertz CT molecular complexity index is 1010. The Kier molecular flexibility index (Phi) is 6.27. The largest absolute Gasteiger partial charge is 0.461 e. The van der Waals surface area contributed by atoms with Crippen molar-refractivity contribution < 1.29 is 29.0 Å². The van der Waals surface area contributed by atoms with Gasteiger partial charge in [0.1, 0.15) is 24.2 Å². The summed E-state index contributed by atoms with van der Waals surface area (Å²) in [6.07, 6.45) is 8.65. The van der Waals surface area contributed by atoms with Crippen molar-refractivity contribution in [3.8, 4) is 0 Å². The van der Waals surface area contributed by atoms with E-state index in [9.17, 15) is 14.4 Å². The highest BCUT2D eigenvalue weighted by molar-refractivity contribution is 5.99. The summed E-state index contributed by atoms with van der Waals surface area (Å²) in [5.41, 5.74) is -0.216. The lowest BCUT2D eigenvalue weighted by Crippen LogP contribution is -2.55. The molecule has 0 radical (unpaired) electrons. The minimum absolute atomic E-state index is 0.0848. The van der Waals surface area contributed by atoms with Crippen LogP contribution in [0.2, 0.25) is 0 Å². The van der Waals surface area contributed by atoms with Crippen LogP contribution in [0.4, 0.5) is 0 Å². The van der Waals surface area contributed by atoms with Gasteiger partial charge in [-0.1, -0.05) is 48.6 Å². The van der Waals surface area contributed by atoms with E-state index in [2.05, 4.69) is 0 Å². The molecule has 8 heteroatoms. The maximum Gasteiger partial charge on any atom is 0.313 e. The number of fused-ring (bicyclic) bond motifs is 2. The molecule has 0 aliphatic carbocycles. The summed E-state index contributed by atoms with van der Waals surface area (Å²) in [7, 11) is 0. The number of rotatable bonds is 7. The second-order valence-electron chi connectivity index (χ2n) is 9.32. The van der Waals surface area contributed by atoms with Crippen molar-refractivity contribution in [3.63, 3.8) is 0 Å². The van der Waals surface area contributed by atoms with Gasteiger partial charge in [-0.05, 0) is 30.9 Å². The SMILES string of the molecule is O=C1OCC=C[C@@H]2O[C@]34C=CCN(Cc5ccccc5)C(=O)C3N(CCCCCO)C(=O)[C@@H]4[C@H]12. The van der Waals surface area contributed by atoms with Gasteiger partial charge >= 0.3 is 5.97 Å². The number of ether oxygens (including phenoxy) is 2. The van der Waals surface area contributed by atoms with Crippen LogP contribution < -0.4 is 0 Å². The van der Waals surface area contributed by atoms with E-state index in [-0.39, 0.29) is 25.0 Å². The molecule has 0 aromatic heterocycles. The highest BCUT2D eigenvalue weighted by Gasteiger charge is 2.71. The summed E-state index contributed by atoms with van der Waals surface area (Å²) in [5.74, 6) is -2.48. The quantitative estimate of drug-likeness (QED) is 0.371. The lowest BCUT2D eigenvalue weighted by Gasteiger charge is -2.35. The first-order valence-electron chi connectivity index (χ1n) is 12.0. The van der Waals surface area contributed by atoms with Crippen LogP contribution >= 0.6 is 0 Å². The number of likely N-dealkylation sites (tertiary alicyclic amines) is 1. The van der Waals surface area contributed by atoms with Gasteiger partial charge in [-0.2, -0.15) is 0 Å². The van der Waals surface area contributed by atoms with E-state index in [4.69, 9.17) is 14.6 Å². The number of benzene rings is 1. The minimum atomic E-state index is -1.22. The molecule has 4 aliphatic rings. The van der Waals surface area contributed by atoms with E-state index < -0.39 is 35.6 Å². The number of cyclic esters (lactones) is 1. The van der Waals surface area contributed by atoms with Crippen LogP contribution in [0.25, 0.3) is 0 Å². The average Bonchev–Trinajstić information content (AvgIpc) is 3.14. The zero-order chi connectivity index (χ0) is 23.7. The second-order valence-corrected chi connectivity index (χ2v) is 9.32. The molecule has 2 saturated heterocycles. The number of aliphatic hydroxyl groups is 1. The highest BCUT2D eigenvalue weighted by Crippen LogP contribution is 2.53. The van der Waals surface area contributed by atoms with Gasteiger partial charge in [0.15, 0.2) is 0 Å². The van der Waals surface area contributed by atoms with Gasteiger partial charge in [-0.15, -0.1) is 0 Å². The van der Waals surface area contributed by atoms with Gasteiger partial charge in [0, 0.05) is 26.2 Å². The Hall–Kier alpha value is -2.97. The highest BCUT2D eigenvalue weighted by atomic mass is 16.6. The van der Waals surface area contributed by atoms with E-state index >= 15 is 0 Å². The lowest BCUT2D eigenvalue weighted by molar-refractivity contribution is -0.153. The topological polar surface area (TPSA) is 96.4 Å². The Balaban J connectivity index is 1.51. The van der Waals surface area contributed by atoms with Crippen molar-refractivity contribution in [3.05, 3.63) is 60.2 Å². The maximum absolute atomic E-state index is 14.0. The Morgan fingerprint density at radius 3 is 2.65 bits per heavy atom. The molecule has 5 atom stereocenters. The molecule has 1 aromatic carbocycles. The maximum atomic E-state index is 14.0. The van der Waals surface area contributed by atoms with E-state index in [1.165, 1.54) is 0 Å². The summed E-state index contributed by atoms with van der Waals surface area (Å²) in [6, 6.07) is 8.89. The first-order chi connectivity index (χ1) is 16.6. The summed E-state index contributed by atoms with van der Waals surface area (Å²) >= 11 is 0. The van der Waals surface area contributed by atoms with Gasteiger partial charge in [-0.25, -0.2) is 0 Å². The fourth-order valence-corrected chi connectivity index (χ4v) is 5.77. The van der Waals surface area contributed by atoms with Crippen molar-refractivity contribution in [1.29, 1.82) is 0 Å². The van der Waals surface area contributed by atoms with E-state index in [0.29, 0.717) is 32.5 Å². The molecule has 1 unspecified atom stereocenters. The third-order valence-electron chi connectivity index (χ3n) is 7.27. The van der Waals surface area contributed by atoms with Crippen LogP contribution in [0.5, 0.6) is 0 Å². The summed E-state index contributed by atoms with van der Waals surface area (Å²) in [4.78, 5) is 44.0. The minimum Gasteiger partial charge on any atom is -0.461 e. The lowest BCUT2D eigenvalue weighted by atomic mass is 9.78. The molecule has 1 spiro atoms. The van der Waals surface area contributed by atoms with Crippen molar-refractivity contribution >= 4 is 17.8 Å². The molecule has 8 nitrogen and oxygen atoms in total. The summed E-state index contributed by atoms with van der Waals surface area (Å²) < 4.78 is 11.8. The van der Waals surface area contributed by atoms with Crippen molar-refractivity contribution in [1.82, 2.24) is 9.80 Å². The van der Waals surface area contributed by atoms with Crippen LogP contribution in [-0.4, -0.2) is 76.7 Å². The predicted octanol–water partition coefficient (Wildman–Crippen LogP) is 1.44. The van der Waals surface area contributed by atoms with Crippen molar-refractivity contribution in [2.24, 2.45) is 11.8 Å². The molecule has 180 valence electrons. The van der Waals surface area contributed by atoms with Crippen LogP contribution in [0.15, 0.2) is 54.6 Å². The monoisotopic (exact) mass is 466 g/mol. The Morgan fingerprint density at radius 1 is 1.03 bits per heavy atom. The van der Waals surface area contributed by atoms with Gasteiger partial charge < -0.3 is 24.4 Å². The first kappa shape index (κ1) is 22.8. The van der Waals surface area contributed by atoms with Gasteiger partial charge in [0.05, 0.1) is 12.0 Å². The van der Waals surface area contributed by atoms with E-state index in [1.807, 2.05) is 42.5 Å². The number of unbranched alkanes of at least 4 members (excludes halogenated alkanes) is 2. The third kappa shape index (κ3) is 3.75. The normalized spacial score (nSPS) is 32.2. The number of hydrogen-bond donors (Lipinski definition) is 1. The zero-order valence-corrected chi connectivity index (χ0v) is 19.0. The van der Waals surface area contributed by atoms with Crippen molar-refractivity contribution in [2.75, 3.05) is 26.3 Å². The second kappa shape index (κ2) is 9.35. The molecule has 0 bridgehead atoms. The molecule has 1 N–H and O–H groups in total. The fraction of sp³-hybridized carbons (Fsp3) is 0.500. The number of carbonyl (C=O) groups is 3. The molecule has 1 aromatic rings. The van der Waals surface area contributed by atoms with Crippen LogP contribution in [-0.2, 0) is 30.4 Å². The molecule has 4 aliphatic heterocycles. The number of nitrogens with zero attached hydrogens (tertiary/aromatic N) is 2.